The van der Waals surface area contributed by atoms with Crippen molar-refractivity contribution in [2.75, 3.05) is 14.2 Å². The molecule has 0 radical (unpaired) electrons. The lowest BCUT2D eigenvalue weighted by molar-refractivity contribution is -0.142. The smallest absolute Gasteiger partial charge is 0.307 e. The SMILES string of the molecule is CNC(C)(CCc1ccccc1)CC(=O)OC. The number of carbonyl (C=O) groups excluding carboxylic acids is 1. The van der Waals surface area contributed by atoms with Crippen LogP contribution in [0.1, 0.15) is 25.3 Å². The normalized spacial score (nSPS) is 14.1. The molecule has 0 aliphatic rings. The van der Waals surface area contributed by atoms with Crippen LogP contribution in [0, 0.1) is 0 Å². The van der Waals surface area contributed by atoms with Crippen LogP contribution in [0.5, 0.6) is 0 Å². The molecule has 0 fully saturated rings. The molecule has 17 heavy (non-hydrogen) atoms. The van der Waals surface area contributed by atoms with Crippen LogP contribution in [0.3, 0.4) is 0 Å². The highest BCUT2D eigenvalue weighted by atomic mass is 16.5. The first-order valence-electron chi connectivity index (χ1n) is 5.89. The van der Waals surface area contributed by atoms with E-state index in [-0.39, 0.29) is 11.5 Å². The zero-order chi connectivity index (χ0) is 12.7. The Kier molecular flexibility index (Phi) is 5.16. The van der Waals surface area contributed by atoms with Crippen LogP contribution in [0.4, 0.5) is 0 Å². The second-order valence-corrected chi connectivity index (χ2v) is 4.55. The van der Waals surface area contributed by atoms with Gasteiger partial charge in [-0.3, -0.25) is 4.79 Å². The largest absolute Gasteiger partial charge is 0.469 e. The van der Waals surface area contributed by atoms with Crippen LogP contribution in [0.2, 0.25) is 0 Å². The molecule has 0 saturated carbocycles. The predicted octanol–water partition coefficient (Wildman–Crippen LogP) is 2.16. The standard InChI is InChI=1S/C14H21NO2/c1-14(15-2,11-13(16)17-3)10-9-12-7-5-4-6-8-12/h4-8,15H,9-11H2,1-3H3. The summed E-state index contributed by atoms with van der Waals surface area (Å²) in [4.78, 5) is 11.3. The van der Waals surface area contributed by atoms with Gasteiger partial charge in [-0.1, -0.05) is 30.3 Å². The third kappa shape index (κ3) is 4.57. The average Bonchev–Trinajstić information content (AvgIpc) is 2.37. The lowest BCUT2D eigenvalue weighted by atomic mass is 9.90. The van der Waals surface area contributed by atoms with Gasteiger partial charge in [0, 0.05) is 5.54 Å². The van der Waals surface area contributed by atoms with Crippen molar-refractivity contribution in [3.05, 3.63) is 35.9 Å². The van der Waals surface area contributed by atoms with E-state index in [1.807, 2.05) is 32.2 Å². The van der Waals surface area contributed by atoms with E-state index in [9.17, 15) is 4.79 Å². The van der Waals surface area contributed by atoms with Crippen molar-refractivity contribution in [3.8, 4) is 0 Å². The van der Waals surface area contributed by atoms with Gasteiger partial charge in [0.15, 0.2) is 0 Å². The second-order valence-electron chi connectivity index (χ2n) is 4.55. The lowest BCUT2D eigenvalue weighted by Gasteiger charge is -2.28. The van der Waals surface area contributed by atoms with Crippen LogP contribution in [-0.4, -0.2) is 25.7 Å². The van der Waals surface area contributed by atoms with Gasteiger partial charge in [0.05, 0.1) is 13.5 Å². The van der Waals surface area contributed by atoms with Gasteiger partial charge >= 0.3 is 5.97 Å². The Balaban J connectivity index is 2.54. The zero-order valence-corrected chi connectivity index (χ0v) is 10.8. The average molecular weight is 235 g/mol. The van der Waals surface area contributed by atoms with Gasteiger partial charge in [-0.05, 0) is 32.4 Å². The van der Waals surface area contributed by atoms with Gasteiger partial charge in [0.1, 0.15) is 0 Å². The van der Waals surface area contributed by atoms with Gasteiger partial charge in [-0.15, -0.1) is 0 Å². The highest BCUT2D eigenvalue weighted by molar-refractivity contribution is 5.70. The van der Waals surface area contributed by atoms with Crippen molar-refractivity contribution in [1.82, 2.24) is 5.32 Å². The van der Waals surface area contributed by atoms with Gasteiger partial charge in [-0.2, -0.15) is 0 Å². The number of hydrogen-bond donors (Lipinski definition) is 1. The van der Waals surface area contributed by atoms with Crippen molar-refractivity contribution >= 4 is 5.97 Å². The van der Waals surface area contributed by atoms with Gasteiger partial charge in [-0.25, -0.2) is 0 Å². The van der Waals surface area contributed by atoms with Crippen molar-refractivity contribution < 1.29 is 9.53 Å². The minimum Gasteiger partial charge on any atom is -0.469 e. The molecule has 1 aromatic carbocycles. The summed E-state index contributed by atoms with van der Waals surface area (Å²) in [6, 6.07) is 10.3. The summed E-state index contributed by atoms with van der Waals surface area (Å²) in [6.45, 7) is 2.05. The van der Waals surface area contributed by atoms with Crippen molar-refractivity contribution in [1.29, 1.82) is 0 Å². The first-order valence-corrected chi connectivity index (χ1v) is 5.89. The number of aryl methyl sites for hydroxylation is 1. The molecule has 94 valence electrons. The Morgan fingerprint density at radius 2 is 2.00 bits per heavy atom. The van der Waals surface area contributed by atoms with E-state index in [1.165, 1.54) is 12.7 Å². The van der Waals surface area contributed by atoms with E-state index in [1.54, 1.807) is 0 Å². The number of esters is 1. The summed E-state index contributed by atoms with van der Waals surface area (Å²) in [5.74, 6) is -0.171. The van der Waals surface area contributed by atoms with E-state index < -0.39 is 0 Å². The summed E-state index contributed by atoms with van der Waals surface area (Å²) in [5, 5.41) is 3.21. The second kappa shape index (κ2) is 6.40. The molecule has 3 nitrogen and oxygen atoms in total. The number of rotatable bonds is 6. The van der Waals surface area contributed by atoms with E-state index in [0.717, 1.165) is 12.8 Å². The number of hydrogen-bond acceptors (Lipinski definition) is 3. The van der Waals surface area contributed by atoms with Crippen molar-refractivity contribution in [2.45, 2.75) is 31.7 Å². The first-order chi connectivity index (χ1) is 8.09. The molecule has 3 heteroatoms. The van der Waals surface area contributed by atoms with Gasteiger partial charge in [0.2, 0.25) is 0 Å². The third-order valence-corrected chi connectivity index (χ3v) is 3.17. The molecule has 1 rings (SSSR count). The third-order valence-electron chi connectivity index (χ3n) is 3.17. The van der Waals surface area contributed by atoms with E-state index in [4.69, 9.17) is 4.74 Å². The molecular formula is C14H21NO2. The molecule has 1 N–H and O–H groups in total. The fourth-order valence-corrected chi connectivity index (χ4v) is 1.76. The monoisotopic (exact) mass is 235 g/mol. The predicted molar refractivity (Wildman–Crippen MR) is 68.9 cm³/mol. The fourth-order valence-electron chi connectivity index (χ4n) is 1.76. The quantitative estimate of drug-likeness (QED) is 0.768. The topological polar surface area (TPSA) is 38.3 Å². The number of methoxy groups -OCH3 is 1. The van der Waals surface area contributed by atoms with E-state index >= 15 is 0 Å². The Bertz CT molecular complexity index is 350. The minimum absolute atomic E-state index is 0.171. The summed E-state index contributed by atoms with van der Waals surface area (Å²) < 4.78 is 4.72. The molecule has 1 unspecified atom stereocenters. The maximum atomic E-state index is 11.3. The molecule has 0 aliphatic carbocycles. The number of carbonyl (C=O) groups is 1. The Morgan fingerprint density at radius 3 is 2.53 bits per heavy atom. The summed E-state index contributed by atoms with van der Waals surface area (Å²) in [5.41, 5.74) is 1.09. The van der Waals surface area contributed by atoms with Crippen molar-refractivity contribution in [2.24, 2.45) is 0 Å². The van der Waals surface area contributed by atoms with Crippen LogP contribution in [0.15, 0.2) is 30.3 Å². The maximum Gasteiger partial charge on any atom is 0.307 e. The lowest BCUT2D eigenvalue weighted by Crippen LogP contribution is -2.42. The molecule has 0 amide bonds. The molecule has 0 bridgehead atoms. The van der Waals surface area contributed by atoms with Gasteiger partial charge in [0.25, 0.3) is 0 Å². The molecule has 0 spiro atoms. The molecule has 0 aromatic heterocycles. The minimum atomic E-state index is -0.205. The summed E-state index contributed by atoms with van der Waals surface area (Å²) >= 11 is 0. The van der Waals surface area contributed by atoms with Crippen LogP contribution < -0.4 is 5.32 Å². The number of nitrogens with one attached hydrogen (secondary N) is 1. The maximum absolute atomic E-state index is 11.3. The highest BCUT2D eigenvalue weighted by Crippen LogP contribution is 2.18. The molecular weight excluding hydrogens is 214 g/mol. The van der Waals surface area contributed by atoms with Crippen LogP contribution in [0.25, 0.3) is 0 Å². The summed E-state index contributed by atoms with van der Waals surface area (Å²) in [7, 11) is 3.31. The van der Waals surface area contributed by atoms with E-state index in [0.29, 0.717) is 6.42 Å². The van der Waals surface area contributed by atoms with Gasteiger partial charge < -0.3 is 10.1 Å². The molecule has 1 aromatic rings. The van der Waals surface area contributed by atoms with Crippen molar-refractivity contribution in [3.63, 3.8) is 0 Å². The molecule has 0 saturated heterocycles. The fraction of sp³-hybridized carbons (Fsp3) is 0.500. The Labute approximate surface area is 103 Å². The Morgan fingerprint density at radius 1 is 1.35 bits per heavy atom. The van der Waals surface area contributed by atoms with Crippen LogP contribution >= 0.6 is 0 Å². The zero-order valence-electron chi connectivity index (χ0n) is 10.8. The Hall–Kier alpha value is -1.35. The highest BCUT2D eigenvalue weighted by Gasteiger charge is 2.25. The number of ether oxygens (including phenoxy) is 1. The molecule has 1 atom stereocenters. The molecule has 0 heterocycles. The number of benzene rings is 1. The summed E-state index contributed by atoms with van der Waals surface area (Å²) in [6.07, 6.45) is 2.25. The molecule has 0 aliphatic heterocycles. The van der Waals surface area contributed by atoms with E-state index in [2.05, 4.69) is 17.4 Å². The van der Waals surface area contributed by atoms with Crippen LogP contribution in [-0.2, 0) is 16.0 Å². The first kappa shape index (κ1) is 13.7.